The van der Waals surface area contributed by atoms with Crippen LogP contribution in [-0.2, 0) is 84.8 Å². The van der Waals surface area contributed by atoms with Gasteiger partial charge in [0.1, 0.15) is 66.2 Å². The minimum atomic E-state index is -1.49. The van der Waals surface area contributed by atoms with E-state index in [1.165, 1.54) is 37.9 Å². The van der Waals surface area contributed by atoms with Gasteiger partial charge in [0.15, 0.2) is 0 Å². The lowest BCUT2D eigenvalue weighted by Gasteiger charge is -2.29. The first-order chi connectivity index (χ1) is 58.0. The SMILES string of the molecule is CC[C@H](C)[C@@H]1NC(=O)[C@H](C)NC(=O)[C@@H](N)CCCNC(=O)[C@H](CCCCN)NC(=O)[C@H](Cc2ccc(Br)cc2)NC(=O)C(=O)Nc2ccc(OC)c(c2)C(=O)NNC(=O)[C@H](Cc2ccccc2)NC(=O)[C@H](CCCCN)NC(=O)[C@@H](N)CCCNC(=O)[C@H](C(C)C)NC(=O)[C@H](CCSC)NC(=O)[C@H](CC(C)C)NC(=O)CNC(=O)[C@H]([C@@H](C)CC)NC1=O. The van der Waals surface area contributed by atoms with Gasteiger partial charge < -0.3 is 102 Å². The molecule has 3 aromatic carbocycles. The molecular formula is C83H129BrN20O17S. The lowest BCUT2D eigenvalue weighted by molar-refractivity contribution is -0.138. The molecule has 0 fully saturated rings. The zero-order valence-corrected chi connectivity index (χ0v) is 74.2. The van der Waals surface area contributed by atoms with Crippen LogP contribution in [0.15, 0.2) is 77.3 Å². The van der Waals surface area contributed by atoms with Crippen LogP contribution in [0.4, 0.5) is 5.69 Å². The number of nitrogens with two attached hydrogens (primary N) is 4. The number of hydrogen-bond donors (Lipinski definition) is 20. The molecule has 16 amide bonds. The van der Waals surface area contributed by atoms with Crippen molar-refractivity contribution in [3.8, 4) is 5.75 Å². The molecule has 2 bridgehead atoms. The number of methoxy groups -OCH3 is 1. The Morgan fingerprint density at radius 2 is 0.951 bits per heavy atom. The van der Waals surface area contributed by atoms with Crippen molar-refractivity contribution < 1.29 is 81.4 Å². The van der Waals surface area contributed by atoms with E-state index in [9.17, 15) is 76.7 Å². The molecule has 0 spiro atoms. The fourth-order valence-corrected chi connectivity index (χ4v) is 13.5. The largest absolute Gasteiger partial charge is 0.496 e. The predicted molar refractivity (Wildman–Crippen MR) is 466 cm³/mol. The van der Waals surface area contributed by atoms with Crippen LogP contribution in [0.2, 0.25) is 0 Å². The lowest BCUT2D eigenvalue weighted by Crippen LogP contribution is -2.60. The molecule has 0 radical (unpaired) electrons. The van der Waals surface area contributed by atoms with Crippen molar-refractivity contribution in [3.05, 3.63) is 94.0 Å². The summed E-state index contributed by atoms with van der Waals surface area (Å²) in [5.74, 6) is -14.7. The highest BCUT2D eigenvalue weighted by molar-refractivity contribution is 9.10. The van der Waals surface area contributed by atoms with E-state index in [-0.39, 0.29) is 113 Å². The fraction of sp³-hybridized carbons (Fsp3) is 0.590. The van der Waals surface area contributed by atoms with Crippen LogP contribution in [0.25, 0.3) is 0 Å². The molecule has 1 heterocycles. The number of unbranched alkanes of at least 4 members (excludes halogenated alkanes) is 2. The first-order valence-electron chi connectivity index (χ1n) is 41.6. The number of rotatable bonds is 23. The van der Waals surface area contributed by atoms with Gasteiger partial charge in [-0.2, -0.15) is 11.8 Å². The zero-order valence-electron chi connectivity index (χ0n) is 71.8. The Morgan fingerprint density at radius 3 is 1.51 bits per heavy atom. The average Bonchev–Trinajstić information content (AvgIpc) is 0.809. The van der Waals surface area contributed by atoms with Crippen molar-refractivity contribution in [2.24, 2.45) is 46.6 Å². The molecule has 4 rings (SSSR count). The number of amides is 16. The number of ether oxygens (including phenoxy) is 1. The highest BCUT2D eigenvalue weighted by atomic mass is 79.9. The standard InChI is InChI=1S/C83H129BrN20O17S/c1-12-48(7)67-80(117)91-45-65(105)94-61(41-46(3)4)76(113)97-60(35-40-122-11)75(112)100-66(47(5)6)79(116)90-39-22-26-57(88)72(109)95-59(28-18-20-37-86)74(111)98-63(42-51-23-15-14-16-24-51)78(115)104-103-70(107)55-44-54(33-34-64(55)121-10)93-82(119)83(120)99-62(43-52-29-31-53(84)32-30-52)77(114)96-58(27-17-19-36-85)73(110)89-38-21-25-56(87)71(108)92-50(9)69(106)101-68(49(8)13-2)81(118)102-67/h14-16,23-24,29-34,44,46-50,56-63,66-68H,12-13,17-22,25-28,35-43,45,85-88H2,1-11H3,(H,89,110)(H,90,116)(H,91,117)(H,92,108)(H,93,119)(H,94,105)(H,95,109)(H,96,114)(H,97,113)(H,98,111)(H,99,120)(H,100,112)(H,101,106)(H,102,118)(H,103,107)(H,104,115)/t48-,49-,50-,56-,57-,58-,59-,60-,61-,62-,63-,66-,67-,68-/m0/s1. The van der Waals surface area contributed by atoms with Gasteiger partial charge in [-0.05, 0) is 174 Å². The van der Waals surface area contributed by atoms with Crippen LogP contribution in [0.1, 0.15) is 174 Å². The van der Waals surface area contributed by atoms with Gasteiger partial charge in [-0.15, -0.1) is 0 Å². The second kappa shape index (κ2) is 54.9. The van der Waals surface area contributed by atoms with E-state index in [0.29, 0.717) is 59.9 Å². The number of carbonyl (C=O) groups is 16. The van der Waals surface area contributed by atoms with Crippen molar-refractivity contribution in [2.45, 2.75) is 238 Å². The summed E-state index contributed by atoms with van der Waals surface area (Å²) in [5.41, 5.74) is 29.8. The van der Waals surface area contributed by atoms with Gasteiger partial charge in [0.2, 0.25) is 70.9 Å². The Balaban J connectivity index is 1.70. The van der Waals surface area contributed by atoms with E-state index in [4.69, 9.17) is 27.7 Å². The molecular weight excluding hydrogens is 1660 g/mol. The number of anilines is 1. The summed E-state index contributed by atoms with van der Waals surface area (Å²) in [6.45, 7) is 15.2. The number of thioether (sulfide) groups is 1. The minimum Gasteiger partial charge on any atom is -0.496 e. The maximum absolute atomic E-state index is 14.4. The average molecular weight is 1790 g/mol. The highest BCUT2D eigenvalue weighted by Crippen LogP contribution is 2.24. The normalized spacial score (nSPS) is 24.1. The van der Waals surface area contributed by atoms with E-state index < -0.39 is 191 Å². The molecule has 122 heavy (non-hydrogen) atoms. The number of carbonyl (C=O) groups excluding carboxylic acids is 16. The molecule has 37 nitrogen and oxygen atoms in total. The number of benzene rings is 3. The van der Waals surface area contributed by atoms with Crippen LogP contribution in [0.3, 0.4) is 0 Å². The fourth-order valence-electron chi connectivity index (χ4n) is 12.8. The summed E-state index contributed by atoms with van der Waals surface area (Å²) in [6, 6.07) is 3.96. The van der Waals surface area contributed by atoms with Gasteiger partial charge >= 0.3 is 11.8 Å². The van der Waals surface area contributed by atoms with Gasteiger partial charge in [-0.25, -0.2) is 0 Å². The quantitative estimate of drug-likeness (QED) is 0.0435. The van der Waals surface area contributed by atoms with Crippen molar-refractivity contribution in [1.29, 1.82) is 0 Å². The molecule has 0 saturated heterocycles. The Kier molecular flexibility index (Phi) is 46.8. The highest BCUT2D eigenvalue weighted by Gasteiger charge is 2.38. The molecule has 1 aliphatic rings. The smallest absolute Gasteiger partial charge is 0.313 e. The number of hydrazine groups is 1. The first-order valence-corrected chi connectivity index (χ1v) is 43.8. The molecule has 0 aromatic heterocycles. The summed E-state index contributed by atoms with van der Waals surface area (Å²) in [4.78, 5) is 225. The molecule has 39 heteroatoms. The number of hydrogen-bond acceptors (Lipinski definition) is 22. The van der Waals surface area contributed by atoms with Crippen molar-refractivity contribution >= 4 is 128 Å². The third kappa shape index (κ3) is 36.4. The predicted octanol–water partition coefficient (Wildman–Crippen LogP) is -0.107. The Hall–Kier alpha value is -10.3. The van der Waals surface area contributed by atoms with Crippen LogP contribution < -0.4 is 113 Å². The second-order valence-corrected chi connectivity index (χ2v) is 33.1. The van der Waals surface area contributed by atoms with Crippen molar-refractivity contribution in [1.82, 2.24) is 80.0 Å². The van der Waals surface area contributed by atoms with Crippen LogP contribution in [0.5, 0.6) is 5.75 Å². The van der Waals surface area contributed by atoms with Crippen molar-refractivity contribution in [3.63, 3.8) is 0 Å². The Bertz CT molecular complexity index is 3980. The van der Waals surface area contributed by atoms with Gasteiger partial charge in [0.25, 0.3) is 11.8 Å². The van der Waals surface area contributed by atoms with E-state index in [2.05, 4.69) is 101 Å². The molecule has 0 saturated carbocycles. The van der Waals surface area contributed by atoms with Crippen LogP contribution in [0, 0.1) is 23.7 Å². The van der Waals surface area contributed by atoms with Gasteiger partial charge in [-0.3, -0.25) is 87.6 Å². The Morgan fingerprint density at radius 1 is 0.467 bits per heavy atom. The van der Waals surface area contributed by atoms with E-state index in [1.807, 2.05) is 13.8 Å². The third-order valence-electron chi connectivity index (χ3n) is 20.5. The number of halogens is 1. The summed E-state index contributed by atoms with van der Waals surface area (Å²) in [6.07, 6.45) is 4.47. The van der Waals surface area contributed by atoms with Gasteiger partial charge in [0, 0.05) is 36.1 Å². The molecule has 0 aliphatic carbocycles. The van der Waals surface area contributed by atoms with Crippen LogP contribution in [-0.4, -0.2) is 219 Å². The first kappa shape index (κ1) is 104. The summed E-state index contributed by atoms with van der Waals surface area (Å²) in [7, 11) is 1.25. The topological polar surface area (TPSA) is 579 Å². The second-order valence-electron chi connectivity index (χ2n) is 31.2. The maximum atomic E-state index is 14.4. The minimum absolute atomic E-state index is 0.00721. The van der Waals surface area contributed by atoms with E-state index in [0.717, 1.165) is 6.07 Å². The molecule has 3 aromatic rings. The summed E-state index contributed by atoms with van der Waals surface area (Å²) >= 11 is 4.79. The van der Waals surface area contributed by atoms with Gasteiger partial charge in [-0.1, -0.05) is 127 Å². The van der Waals surface area contributed by atoms with Crippen molar-refractivity contribution in [2.75, 3.05) is 57.2 Å². The van der Waals surface area contributed by atoms with E-state index in [1.54, 1.807) is 102 Å². The number of fused-ring (bicyclic) bond motifs is 2. The maximum Gasteiger partial charge on any atom is 0.313 e. The number of nitrogens with one attached hydrogen (secondary N) is 16. The third-order valence-corrected chi connectivity index (χ3v) is 21.7. The van der Waals surface area contributed by atoms with Gasteiger partial charge in [0.05, 0.1) is 31.3 Å². The molecule has 0 unspecified atom stereocenters. The van der Waals surface area contributed by atoms with Crippen LogP contribution >= 0.6 is 27.7 Å². The summed E-state index contributed by atoms with van der Waals surface area (Å²) < 4.78 is 6.15. The lowest BCUT2D eigenvalue weighted by atomic mass is 9.94. The zero-order chi connectivity index (χ0) is 90.7. The molecule has 24 N–H and O–H groups in total. The van der Waals surface area contributed by atoms with E-state index >= 15 is 0 Å². The monoisotopic (exact) mass is 1790 g/mol. The molecule has 676 valence electrons. The molecule has 1 aliphatic heterocycles. The Labute approximate surface area is 726 Å². The molecule has 14 atom stereocenters. The summed E-state index contributed by atoms with van der Waals surface area (Å²) in [5, 5.41) is 37.3.